The molecule has 0 unspecified atom stereocenters. The van der Waals surface area contributed by atoms with Crippen LogP contribution in [0.3, 0.4) is 0 Å². The molecule has 4 heteroatoms. The van der Waals surface area contributed by atoms with Crippen LogP contribution >= 0.6 is 0 Å². The van der Waals surface area contributed by atoms with Crippen molar-refractivity contribution in [3.8, 4) is 0 Å². The summed E-state index contributed by atoms with van der Waals surface area (Å²) in [6.45, 7) is 0.965. The largest absolute Gasteiger partial charge is 0.396 e. The smallest absolute Gasteiger partial charge is 0.270 e. The first-order chi connectivity index (χ1) is 6.74. The Hall–Kier alpha value is -1.55. The first kappa shape index (κ1) is 10.5. The lowest BCUT2D eigenvalue weighted by Gasteiger charge is -2.04. The minimum atomic E-state index is 0.203. The van der Waals surface area contributed by atoms with Crippen molar-refractivity contribution in [1.82, 2.24) is 0 Å². The van der Waals surface area contributed by atoms with Crippen molar-refractivity contribution in [2.75, 3.05) is 18.5 Å². The predicted molar refractivity (Wildman–Crippen MR) is 56.9 cm³/mol. The lowest BCUT2D eigenvalue weighted by Crippen LogP contribution is -2.46. The van der Waals surface area contributed by atoms with Gasteiger partial charge in [0.2, 0.25) is 0 Å². The Morgan fingerprint density at radius 1 is 1.36 bits per heavy atom. The van der Waals surface area contributed by atoms with E-state index in [9.17, 15) is 0 Å². The molecule has 0 aliphatic heterocycles. The number of amidine groups is 1. The fourth-order valence-electron chi connectivity index (χ4n) is 1.09. The minimum Gasteiger partial charge on any atom is -0.396 e. The number of hydrogen-bond donors (Lipinski definition) is 4. The molecular weight excluding hydrogens is 178 g/mol. The molecule has 0 radical (unpaired) electrons. The van der Waals surface area contributed by atoms with Crippen LogP contribution in [0.25, 0.3) is 0 Å². The summed E-state index contributed by atoms with van der Waals surface area (Å²) in [7, 11) is 0. The maximum atomic E-state index is 8.58. The maximum Gasteiger partial charge on any atom is 0.270 e. The van der Waals surface area contributed by atoms with Gasteiger partial charge in [0.05, 0.1) is 5.56 Å². The molecule has 4 nitrogen and oxygen atoms in total. The zero-order valence-corrected chi connectivity index (χ0v) is 8.03. The summed E-state index contributed by atoms with van der Waals surface area (Å²) in [5.41, 5.74) is 7.26. The molecule has 1 rings (SSSR count). The molecular formula is C10H16N3O+. The highest BCUT2D eigenvalue weighted by Crippen LogP contribution is 2.08. The number of nitrogens with one attached hydrogen (secondary N) is 1. The topological polar surface area (TPSA) is 83.9 Å². The van der Waals surface area contributed by atoms with Crippen molar-refractivity contribution in [2.24, 2.45) is 5.73 Å². The summed E-state index contributed by atoms with van der Waals surface area (Å²) in [5, 5.41) is 17.2. The van der Waals surface area contributed by atoms with Crippen LogP contribution in [0.1, 0.15) is 12.0 Å². The summed E-state index contributed by atoms with van der Waals surface area (Å²) >= 11 is 0. The Morgan fingerprint density at radius 2 is 2.00 bits per heavy atom. The molecule has 0 saturated carbocycles. The molecule has 0 bridgehead atoms. The summed E-state index contributed by atoms with van der Waals surface area (Å²) in [6.07, 6.45) is 0.743. The van der Waals surface area contributed by atoms with E-state index in [1.54, 1.807) is 0 Å². The van der Waals surface area contributed by atoms with Gasteiger partial charge in [-0.15, -0.1) is 0 Å². The van der Waals surface area contributed by atoms with Crippen molar-refractivity contribution in [2.45, 2.75) is 6.42 Å². The number of benzene rings is 1. The van der Waals surface area contributed by atoms with Gasteiger partial charge in [0.25, 0.3) is 5.84 Å². The molecule has 0 spiro atoms. The van der Waals surface area contributed by atoms with Crippen molar-refractivity contribution < 1.29 is 10.5 Å². The van der Waals surface area contributed by atoms with Crippen LogP contribution in [-0.2, 0) is 0 Å². The molecule has 76 valence electrons. The lowest BCUT2D eigenvalue weighted by molar-refractivity contribution is -0.114. The molecule has 0 fully saturated rings. The highest BCUT2D eigenvalue weighted by atomic mass is 16.3. The number of aliphatic hydroxyl groups is 1. The van der Waals surface area contributed by atoms with Gasteiger partial charge >= 0.3 is 0 Å². The van der Waals surface area contributed by atoms with Gasteiger partial charge in [-0.3, -0.25) is 11.1 Å². The van der Waals surface area contributed by atoms with Crippen molar-refractivity contribution in [3.63, 3.8) is 0 Å². The average Bonchev–Trinajstić information content (AvgIpc) is 2.19. The Bertz CT molecular complexity index is 295. The van der Waals surface area contributed by atoms with Crippen LogP contribution < -0.4 is 16.5 Å². The Balaban J connectivity index is 2.51. The summed E-state index contributed by atoms with van der Waals surface area (Å²) in [5.74, 6) is 0.326. The van der Waals surface area contributed by atoms with Crippen LogP contribution in [0.5, 0.6) is 0 Å². The summed E-state index contributed by atoms with van der Waals surface area (Å²) in [4.78, 5) is 0. The van der Waals surface area contributed by atoms with Gasteiger partial charge in [-0.2, -0.15) is 0 Å². The van der Waals surface area contributed by atoms with E-state index < -0.39 is 0 Å². The second-order valence-corrected chi connectivity index (χ2v) is 3.04. The van der Waals surface area contributed by atoms with Gasteiger partial charge in [-0.05, 0) is 30.7 Å². The van der Waals surface area contributed by atoms with Crippen molar-refractivity contribution in [1.29, 1.82) is 0 Å². The second-order valence-electron chi connectivity index (χ2n) is 3.04. The first-order valence-corrected chi connectivity index (χ1v) is 4.57. The number of nitrogens with two attached hydrogens (primary N) is 2. The summed E-state index contributed by atoms with van der Waals surface area (Å²) in [6, 6.07) is 7.53. The Kier molecular flexibility index (Phi) is 3.94. The van der Waals surface area contributed by atoms with Crippen molar-refractivity contribution in [3.05, 3.63) is 29.8 Å². The minimum absolute atomic E-state index is 0.203. The lowest BCUT2D eigenvalue weighted by atomic mass is 10.2. The van der Waals surface area contributed by atoms with Gasteiger partial charge in [0.15, 0.2) is 0 Å². The second kappa shape index (κ2) is 5.24. The molecule has 0 amide bonds. The normalized spacial score (nSPS) is 9.79. The number of hydrogen-bond acceptors (Lipinski definition) is 2. The first-order valence-electron chi connectivity index (χ1n) is 4.57. The Morgan fingerprint density at radius 3 is 2.50 bits per heavy atom. The third kappa shape index (κ3) is 3.06. The fourth-order valence-corrected chi connectivity index (χ4v) is 1.09. The molecule has 0 aliphatic carbocycles. The molecule has 6 N–H and O–H groups in total. The van der Waals surface area contributed by atoms with Crippen LogP contribution in [-0.4, -0.2) is 24.1 Å². The molecule has 1 aromatic rings. The molecule has 1 aromatic carbocycles. The van der Waals surface area contributed by atoms with E-state index in [-0.39, 0.29) is 6.61 Å². The highest BCUT2D eigenvalue weighted by Gasteiger charge is 1.99. The molecule has 14 heavy (non-hydrogen) atoms. The van der Waals surface area contributed by atoms with Crippen LogP contribution in [0.2, 0.25) is 0 Å². The molecule has 0 aromatic heterocycles. The number of rotatable bonds is 5. The number of aliphatic hydroxyl groups excluding tert-OH is 1. The monoisotopic (exact) mass is 194 g/mol. The summed E-state index contributed by atoms with van der Waals surface area (Å²) < 4.78 is 0. The highest BCUT2D eigenvalue weighted by molar-refractivity contribution is 5.92. The average molecular weight is 194 g/mol. The van der Waals surface area contributed by atoms with Gasteiger partial charge in [0, 0.05) is 18.8 Å². The van der Waals surface area contributed by atoms with E-state index in [4.69, 9.17) is 16.2 Å². The Labute approximate surface area is 83.3 Å². The van der Waals surface area contributed by atoms with E-state index in [2.05, 4.69) is 5.32 Å². The molecule has 0 aliphatic rings. The van der Waals surface area contributed by atoms with Gasteiger partial charge < -0.3 is 10.4 Å². The van der Waals surface area contributed by atoms with E-state index >= 15 is 0 Å². The fraction of sp³-hybridized carbons (Fsp3) is 0.300. The van der Waals surface area contributed by atoms with E-state index in [0.29, 0.717) is 5.84 Å². The van der Waals surface area contributed by atoms with Crippen LogP contribution in [0.15, 0.2) is 24.3 Å². The molecule has 0 atom stereocenters. The van der Waals surface area contributed by atoms with Gasteiger partial charge in [-0.1, -0.05) is 0 Å². The van der Waals surface area contributed by atoms with Gasteiger partial charge in [0.1, 0.15) is 0 Å². The quantitative estimate of drug-likeness (QED) is 0.274. The SMILES string of the molecule is NC(=[NH2+])c1ccc(NCCCO)cc1. The van der Waals surface area contributed by atoms with Crippen LogP contribution in [0, 0.1) is 0 Å². The predicted octanol–water partition coefficient (Wildman–Crippen LogP) is -1.05. The third-order valence-electron chi connectivity index (χ3n) is 1.88. The van der Waals surface area contributed by atoms with Gasteiger partial charge in [-0.25, -0.2) is 0 Å². The number of anilines is 1. The zero-order valence-electron chi connectivity index (χ0n) is 8.03. The van der Waals surface area contributed by atoms with Crippen molar-refractivity contribution >= 4 is 11.5 Å². The molecule has 0 heterocycles. The van der Waals surface area contributed by atoms with E-state index in [1.807, 2.05) is 24.3 Å². The maximum absolute atomic E-state index is 8.58. The van der Waals surface area contributed by atoms with Crippen LogP contribution in [0.4, 0.5) is 5.69 Å². The molecule has 0 saturated heterocycles. The zero-order chi connectivity index (χ0) is 10.4. The van der Waals surface area contributed by atoms with E-state index in [0.717, 1.165) is 24.2 Å². The van der Waals surface area contributed by atoms with E-state index in [1.165, 1.54) is 0 Å². The standard InChI is InChI=1S/C10H15N3O/c11-10(12)8-2-4-9(5-3-8)13-6-1-7-14/h2-5,13-14H,1,6-7H2,(H3,11,12)/p+1. The third-order valence-corrected chi connectivity index (χ3v) is 1.88.